The molecule has 0 spiro atoms. The Labute approximate surface area is 65.3 Å². The van der Waals surface area contributed by atoms with E-state index in [9.17, 15) is 5.11 Å². The van der Waals surface area contributed by atoms with E-state index in [0.717, 1.165) is 19.3 Å². The standard InChI is InChI=1S/C8H11OS/c9-5-2-1-3-8-4-6-10-7-8/h4,6-7H,1-3,5H2. The highest BCUT2D eigenvalue weighted by atomic mass is 32.1. The number of unbranched alkanes of at least 4 members (excludes halogenated alkanes) is 1. The summed E-state index contributed by atoms with van der Waals surface area (Å²) in [6.07, 6.45) is 2.93. The topological polar surface area (TPSA) is 19.9 Å². The average molecular weight is 155 g/mol. The van der Waals surface area contributed by atoms with Crippen molar-refractivity contribution >= 4 is 11.3 Å². The van der Waals surface area contributed by atoms with E-state index in [1.807, 2.05) is 0 Å². The van der Waals surface area contributed by atoms with Crippen molar-refractivity contribution < 1.29 is 5.11 Å². The predicted molar refractivity (Wildman–Crippen MR) is 42.8 cm³/mol. The van der Waals surface area contributed by atoms with E-state index < -0.39 is 0 Å². The maximum absolute atomic E-state index is 10.1. The molecule has 0 bridgehead atoms. The van der Waals surface area contributed by atoms with Crippen molar-refractivity contribution in [1.29, 1.82) is 0 Å². The minimum absolute atomic E-state index is 0.0735. The summed E-state index contributed by atoms with van der Waals surface area (Å²) in [6, 6.07) is 2.12. The first-order valence-electron chi connectivity index (χ1n) is 3.52. The van der Waals surface area contributed by atoms with Crippen molar-refractivity contribution in [3.63, 3.8) is 0 Å². The van der Waals surface area contributed by atoms with Crippen LogP contribution in [0.3, 0.4) is 0 Å². The van der Waals surface area contributed by atoms with Crippen molar-refractivity contribution in [2.75, 3.05) is 6.61 Å². The summed E-state index contributed by atoms with van der Waals surface area (Å²) in [6.45, 7) is 0.0735. The predicted octanol–water partition coefficient (Wildman–Crippen LogP) is 2.50. The zero-order valence-corrected chi connectivity index (χ0v) is 6.69. The van der Waals surface area contributed by atoms with Crippen molar-refractivity contribution in [1.82, 2.24) is 0 Å². The van der Waals surface area contributed by atoms with Gasteiger partial charge in [0, 0.05) is 0 Å². The Balaban J connectivity index is 2.15. The Hall–Kier alpha value is -0.340. The number of hydrogen-bond donors (Lipinski definition) is 0. The van der Waals surface area contributed by atoms with Gasteiger partial charge in [0.25, 0.3) is 0 Å². The Morgan fingerprint density at radius 3 is 2.90 bits per heavy atom. The largest absolute Gasteiger partial charge is 0.237 e. The molecule has 55 valence electrons. The molecule has 0 fully saturated rings. The van der Waals surface area contributed by atoms with Crippen LogP contribution < -0.4 is 0 Å². The van der Waals surface area contributed by atoms with Gasteiger partial charge in [-0.15, -0.1) is 0 Å². The Morgan fingerprint density at radius 1 is 1.40 bits per heavy atom. The van der Waals surface area contributed by atoms with Gasteiger partial charge >= 0.3 is 0 Å². The molecule has 1 aromatic heterocycles. The van der Waals surface area contributed by atoms with Gasteiger partial charge in [0.15, 0.2) is 0 Å². The van der Waals surface area contributed by atoms with Gasteiger partial charge in [-0.05, 0) is 41.7 Å². The molecule has 1 aromatic rings. The molecule has 1 rings (SSSR count). The molecule has 0 aromatic carbocycles. The van der Waals surface area contributed by atoms with Crippen LogP contribution >= 0.6 is 11.3 Å². The van der Waals surface area contributed by atoms with E-state index in [2.05, 4.69) is 16.8 Å². The van der Waals surface area contributed by atoms with Crippen LogP contribution in [0.4, 0.5) is 0 Å². The highest BCUT2D eigenvalue weighted by Gasteiger charge is 1.91. The normalized spacial score (nSPS) is 10.1. The number of aryl methyl sites for hydroxylation is 1. The number of rotatable bonds is 4. The fraction of sp³-hybridized carbons (Fsp3) is 0.500. The maximum Gasteiger partial charge on any atom is 0.0822 e. The molecule has 0 unspecified atom stereocenters. The molecule has 1 heterocycles. The lowest BCUT2D eigenvalue weighted by Gasteiger charge is -1.92. The van der Waals surface area contributed by atoms with E-state index in [-0.39, 0.29) is 6.61 Å². The highest BCUT2D eigenvalue weighted by Crippen LogP contribution is 2.08. The fourth-order valence-electron chi connectivity index (χ4n) is 0.866. The van der Waals surface area contributed by atoms with Crippen molar-refractivity contribution in [3.8, 4) is 0 Å². The Bertz CT molecular complexity index is 158. The number of hydrogen-bond acceptors (Lipinski definition) is 1. The minimum Gasteiger partial charge on any atom is -0.237 e. The average Bonchev–Trinajstić information content (AvgIpc) is 2.41. The molecule has 0 amide bonds. The first-order valence-corrected chi connectivity index (χ1v) is 4.47. The van der Waals surface area contributed by atoms with E-state index in [1.165, 1.54) is 5.56 Å². The van der Waals surface area contributed by atoms with E-state index in [4.69, 9.17) is 0 Å². The molecule has 10 heavy (non-hydrogen) atoms. The number of thiophene rings is 1. The van der Waals surface area contributed by atoms with Crippen molar-refractivity contribution in [3.05, 3.63) is 22.4 Å². The molecular weight excluding hydrogens is 144 g/mol. The fourth-order valence-corrected chi connectivity index (χ4v) is 1.57. The van der Waals surface area contributed by atoms with Gasteiger partial charge in [-0.1, -0.05) is 0 Å². The molecule has 0 aliphatic rings. The summed E-state index contributed by atoms with van der Waals surface area (Å²) in [4.78, 5) is 0. The molecule has 0 aliphatic heterocycles. The van der Waals surface area contributed by atoms with Crippen LogP contribution in [-0.2, 0) is 11.5 Å². The lowest BCUT2D eigenvalue weighted by molar-refractivity contribution is 0.187. The summed E-state index contributed by atoms with van der Waals surface area (Å²) in [5, 5.41) is 14.3. The van der Waals surface area contributed by atoms with Crippen LogP contribution in [-0.4, -0.2) is 6.61 Å². The van der Waals surface area contributed by atoms with Crippen LogP contribution in [0.25, 0.3) is 0 Å². The molecule has 0 N–H and O–H groups in total. The summed E-state index contributed by atoms with van der Waals surface area (Å²) in [5.41, 5.74) is 1.37. The second kappa shape index (κ2) is 4.47. The van der Waals surface area contributed by atoms with Gasteiger partial charge < -0.3 is 0 Å². The van der Waals surface area contributed by atoms with Crippen LogP contribution in [0.1, 0.15) is 18.4 Å². The van der Waals surface area contributed by atoms with E-state index in [1.54, 1.807) is 11.3 Å². The van der Waals surface area contributed by atoms with Gasteiger partial charge in [-0.25, -0.2) is 5.11 Å². The summed E-state index contributed by atoms with van der Waals surface area (Å²) >= 11 is 1.72. The zero-order chi connectivity index (χ0) is 7.23. The van der Waals surface area contributed by atoms with Gasteiger partial charge in [0.1, 0.15) is 0 Å². The van der Waals surface area contributed by atoms with Gasteiger partial charge in [-0.3, -0.25) is 0 Å². The van der Waals surface area contributed by atoms with Crippen LogP contribution in [0, 0.1) is 0 Å². The van der Waals surface area contributed by atoms with E-state index in [0.29, 0.717) is 0 Å². The van der Waals surface area contributed by atoms with Crippen LogP contribution in [0.5, 0.6) is 0 Å². The van der Waals surface area contributed by atoms with Crippen LogP contribution in [0.2, 0.25) is 0 Å². The second-order valence-corrected chi connectivity index (χ2v) is 3.07. The first kappa shape index (κ1) is 7.76. The smallest absolute Gasteiger partial charge is 0.0822 e. The molecule has 0 saturated heterocycles. The maximum atomic E-state index is 10.1. The Kier molecular flexibility index (Phi) is 3.47. The first-order chi connectivity index (χ1) is 4.93. The third-order valence-corrected chi connectivity index (χ3v) is 2.17. The SMILES string of the molecule is [O]CCCCc1ccsc1. The monoisotopic (exact) mass is 155 g/mol. The van der Waals surface area contributed by atoms with Crippen molar-refractivity contribution in [2.45, 2.75) is 19.3 Å². The highest BCUT2D eigenvalue weighted by molar-refractivity contribution is 7.07. The summed E-state index contributed by atoms with van der Waals surface area (Å²) in [7, 11) is 0. The summed E-state index contributed by atoms with van der Waals surface area (Å²) in [5.74, 6) is 0. The lowest BCUT2D eigenvalue weighted by atomic mass is 10.1. The van der Waals surface area contributed by atoms with Crippen molar-refractivity contribution in [2.24, 2.45) is 0 Å². The van der Waals surface area contributed by atoms with Gasteiger partial charge in [-0.2, -0.15) is 11.3 Å². The third-order valence-electron chi connectivity index (χ3n) is 1.44. The zero-order valence-electron chi connectivity index (χ0n) is 5.88. The Morgan fingerprint density at radius 2 is 2.30 bits per heavy atom. The molecule has 1 nitrogen and oxygen atoms in total. The van der Waals surface area contributed by atoms with E-state index >= 15 is 0 Å². The molecule has 1 radical (unpaired) electrons. The van der Waals surface area contributed by atoms with Gasteiger partial charge in [0.2, 0.25) is 0 Å². The van der Waals surface area contributed by atoms with Crippen LogP contribution in [0.15, 0.2) is 16.8 Å². The third kappa shape index (κ3) is 2.50. The molecule has 0 aliphatic carbocycles. The minimum atomic E-state index is 0.0735. The lowest BCUT2D eigenvalue weighted by Crippen LogP contribution is -1.84. The summed E-state index contributed by atoms with van der Waals surface area (Å²) < 4.78 is 0. The molecule has 2 heteroatoms. The molecule has 0 atom stereocenters. The van der Waals surface area contributed by atoms with Gasteiger partial charge in [0.05, 0.1) is 6.61 Å². The molecule has 0 saturated carbocycles. The second-order valence-electron chi connectivity index (χ2n) is 2.29. The quantitative estimate of drug-likeness (QED) is 0.595. The molecular formula is C8H11OS.